The van der Waals surface area contributed by atoms with Gasteiger partial charge in [-0.2, -0.15) is 0 Å². The summed E-state index contributed by atoms with van der Waals surface area (Å²) in [7, 11) is 3.67. The van der Waals surface area contributed by atoms with Crippen LogP contribution in [0, 0.1) is 11.6 Å². The molecule has 1 unspecified atom stereocenters. The first-order valence-electron chi connectivity index (χ1n) is 5.67. The fourth-order valence-electron chi connectivity index (χ4n) is 2.40. The van der Waals surface area contributed by atoms with E-state index in [9.17, 15) is 8.78 Å². The van der Waals surface area contributed by atoms with Crippen molar-refractivity contribution in [1.29, 1.82) is 0 Å². The summed E-state index contributed by atoms with van der Waals surface area (Å²) in [6.07, 6.45) is 0.804. The first kappa shape index (κ1) is 12.1. The topological polar surface area (TPSA) is 32.5 Å². The molecule has 0 saturated heterocycles. The summed E-state index contributed by atoms with van der Waals surface area (Å²) < 4.78 is 27.0. The lowest BCUT2D eigenvalue weighted by atomic mass is 10.1. The van der Waals surface area contributed by atoms with Crippen molar-refractivity contribution in [3.8, 4) is 0 Å². The summed E-state index contributed by atoms with van der Waals surface area (Å²) in [5.74, 6) is -1.06. The zero-order valence-electron chi connectivity index (χ0n) is 10.1. The molecule has 0 spiro atoms. The van der Waals surface area contributed by atoms with Gasteiger partial charge in [0.25, 0.3) is 0 Å². The highest BCUT2D eigenvalue weighted by Crippen LogP contribution is 2.37. The molecule has 0 fully saturated rings. The molecule has 17 heavy (non-hydrogen) atoms. The standard InChI is InChI=1S/C12H17F2N3/c1-16-7-9(3-4-15)17(2)11-6-8(13)5-10(14)12(11)16/h5-6,9H,3-4,7,15H2,1-2H3. The molecule has 0 radical (unpaired) electrons. The second-order valence-electron chi connectivity index (χ2n) is 4.48. The van der Waals surface area contributed by atoms with Gasteiger partial charge in [0.1, 0.15) is 5.82 Å². The number of fused-ring (bicyclic) bond motifs is 1. The van der Waals surface area contributed by atoms with Crippen molar-refractivity contribution in [2.24, 2.45) is 5.73 Å². The zero-order valence-corrected chi connectivity index (χ0v) is 10.1. The maximum Gasteiger partial charge on any atom is 0.151 e. The third-order valence-corrected chi connectivity index (χ3v) is 3.30. The van der Waals surface area contributed by atoms with Crippen molar-refractivity contribution in [3.63, 3.8) is 0 Å². The molecule has 1 aromatic carbocycles. The van der Waals surface area contributed by atoms with E-state index in [0.29, 0.717) is 24.5 Å². The third-order valence-electron chi connectivity index (χ3n) is 3.30. The maximum atomic E-state index is 13.7. The van der Waals surface area contributed by atoms with Gasteiger partial charge >= 0.3 is 0 Å². The van der Waals surface area contributed by atoms with Crippen LogP contribution < -0.4 is 15.5 Å². The van der Waals surface area contributed by atoms with Crippen LogP contribution in [0.15, 0.2) is 12.1 Å². The summed E-state index contributed by atoms with van der Waals surface area (Å²) >= 11 is 0. The molecule has 5 heteroatoms. The van der Waals surface area contributed by atoms with E-state index in [4.69, 9.17) is 5.73 Å². The summed E-state index contributed by atoms with van der Waals surface area (Å²) in [6, 6.07) is 2.49. The molecule has 0 aromatic heterocycles. The Morgan fingerprint density at radius 1 is 1.35 bits per heavy atom. The van der Waals surface area contributed by atoms with Crippen LogP contribution in [-0.4, -0.2) is 33.2 Å². The van der Waals surface area contributed by atoms with E-state index in [1.54, 1.807) is 0 Å². The van der Waals surface area contributed by atoms with Gasteiger partial charge in [-0.3, -0.25) is 0 Å². The number of anilines is 2. The minimum absolute atomic E-state index is 0.193. The van der Waals surface area contributed by atoms with E-state index in [2.05, 4.69) is 0 Å². The van der Waals surface area contributed by atoms with Gasteiger partial charge in [-0.15, -0.1) is 0 Å². The summed E-state index contributed by atoms with van der Waals surface area (Å²) in [5, 5.41) is 0. The van der Waals surface area contributed by atoms with Gasteiger partial charge < -0.3 is 15.5 Å². The lowest BCUT2D eigenvalue weighted by Gasteiger charge is -2.41. The van der Waals surface area contributed by atoms with Crippen LogP contribution in [0.4, 0.5) is 20.2 Å². The second-order valence-corrected chi connectivity index (χ2v) is 4.48. The first-order chi connectivity index (χ1) is 8.04. The summed E-state index contributed by atoms with van der Waals surface area (Å²) in [6.45, 7) is 1.26. The van der Waals surface area contributed by atoms with Crippen LogP contribution in [0.2, 0.25) is 0 Å². The third kappa shape index (κ3) is 2.07. The molecule has 0 amide bonds. The zero-order chi connectivity index (χ0) is 12.6. The first-order valence-corrected chi connectivity index (χ1v) is 5.67. The molecule has 0 bridgehead atoms. The number of hydrogen-bond acceptors (Lipinski definition) is 3. The molecule has 0 saturated carbocycles. The Balaban J connectivity index is 2.45. The highest BCUT2D eigenvalue weighted by molar-refractivity contribution is 5.74. The van der Waals surface area contributed by atoms with Crippen molar-refractivity contribution < 1.29 is 8.78 Å². The smallest absolute Gasteiger partial charge is 0.151 e. The van der Waals surface area contributed by atoms with Crippen molar-refractivity contribution in [1.82, 2.24) is 0 Å². The van der Waals surface area contributed by atoms with Crippen LogP contribution in [0.5, 0.6) is 0 Å². The Hall–Kier alpha value is -1.36. The lowest BCUT2D eigenvalue weighted by Crippen LogP contribution is -2.47. The predicted molar refractivity (Wildman–Crippen MR) is 65.5 cm³/mol. The van der Waals surface area contributed by atoms with Crippen LogP contribution >= 0.6 is 0 Å². The average molecular weight is 241 g/mol. The molecule has 1 aliphatic rings. The van der Waals surface area contributed by atoms with Gasteiger partial charge in [0.05, 0.1) is 11.4 Å². The molecule has 2 rings (SSSR count). The minimum Gasteiger partial charge on any atom is -0.368 e. The van der Waals surface area contributed by atoms with E-state index in [0.717, 1.165) is 12.5 Å². The van der Waals surface area contributed by atoms with E-state index in [1.165, 1.54) is 6.07 Å². The molecule has 1 atom stereocenters. The van der Waals surface area contributed by atoms with E-state index in [-0.39, 0.29) is 6.04 Å². The monoisotopic (exact) mass is 241 g/mol. The Kier molecular flexibility index (Phi) is 3.19. The Bertz CT molecular complexity index is 422. The molecule has 94 valence electrons. The number of likely N-dealkylation sites (N-methyl/N-ethyl adjacent to an activating group) is 2. The number of nitrogens with zero attached hydrogens (tertiary/aromatic N) is 2. The largest absolute Gasteiger partial charge is 0.368 e. The minimum atomic E-state index is -0.546. The summed E-state index contributed by atoms with van der Waals surface area (Å²) in [4.78, 5) is 3.73. The normalized spacial score (nSPS) is 19.5. The van der Waals surface area contributed by atoms with Crippen molar-refractivity contribution in [2.45, 2.75) is 12.5 Å². The van der Waals surface area contributed by atoms with Gasteiger partial charge in [0, 0.05) is 32.7 Å². The van der Waals surface area contributed by atoms with E-state index >= 15 is 0 Å². The molecule has 1 aromatic rings. The molecular weight excluding hydrogens is 224 g/mol. The Morgan fingerprint density at radius 2 is 2.06 bits per heavy atom. The molecule has 0 aliphatic carbocycles. The quantitative estimate of drug-likeness (QED) is 0.853. The summed E-state index contributed by atoms with van der Waals surface area (Å²) in [5.41, 5.74) is 6.61. The van der Waals surface area contributed by atoms with Gasteiger partial charge in [-0.25, -0.2) is 8.78 Å². The fourth-order valence-corrected chi connectivity index (χ4v) is 2.40. The molecule has 1 aliphatic heterocycles. The van der Waals surface area contributed by atoms with Crippen LogP contribution in [0.25, 0.3) is 0 Å². The molecule has 1 heterocycles. The van der Waals surface area contributed by atoms with Crippen molar-refractivity contribution in [3.05, 3.63) is 23.8 Å². The van der Waals surface area contributed by atoms with Crippen LogP contribution in [0.3, 0.4) is 0 Å². The number of benzene rings is 1. The number of halogens is 2. The molecule has 2 N–H and O–H groups in total. The average Bonchev–Trinajstić information content (AvgIpc) is 2.24. The van der Waals surface area contributed by atoms with Crippen molar-refractivity contribution in [2.75, 3.05) is 37.0 Å². The van der Waals surface area contributed by atoms with Gasteiger partial charge in [0.15, 0.2) is 5.82 Å². The predicted octanol–water partition coefficient (Wildman–Crippen LogP) is 1.57. The molecular formula is C12H17F2N3. The second kappa shape index (κ2) is 4.49. The highest BCUT2D eigenvalue weighted by Gasteiger charge is 2.29. The van der Waals surface area contributed by atoms with Crippen molar-refractivity contribution >= 4 is 11.4 Å². The lowest BCUT2D eigenvalue weighted by molar-refractivity contribution is 0.537. The molecule has 3 nitrogen and oxygen atoms in total. The fraction of sp³-hybridized carbons (Fsp3) is 0.500. The number of rotatable bonds is 2. The van der Waals surface area contributed by atoms with Gasteiger partial charge in [-0.1, -0.05) is 0 Å². The highest BCUT2D eigenvalue weighted by atomic mass is 19.1. The van der Waals surface area contributed by atoms with Gasteiger partial charge in [-0.05, 0) is 19.0 Å². The van der Waals surface area contributed by atoms with E-state index < -0.39 is 11.6 Å². The Morgan fingerprint density at radius 3 is 2.71 bits per heavy atom. The SMILES string of the molecule is CN1CC(CCN)N(C)c2cc(F)cc(F)c21. The van der Waals surface area contributed by atoms with Crippen LogP contribution in [-0.2, 0) is 0 Å². The van der Waals surface area contributed by atoms with Gasteiger partial charge in [0.2, 0.25) is 0 Å². The van der Waals surface area contributed by atoms with E-state index in [1.807, 2.05) is 23.9 Å². The number of nitrogens with two attached hydrogens (primary N) is 1. The number of hydrogen-bond donors (Lipinski definition) is 1. The van der Waals surface area contributed by atoms with Crippen LogP contribution in [0.1, 0.15) is 6.42 Å². The maximum absolute atomic E-state index is 13.7. The Labute approximate surface area is 99.8 Å².